The molecule has 2 atom stereocenters. The molecule has 0 saturated carbocycles. The first-order valence-electron chi connectivity index (χ1n) is 6.85. The molecule has 5 nitrogen and oxygen atoms in total. The van der Waals surface area contributed by atoms with Gasteiger partial charge in [-0.1, -0.05) is 6.92 Å². The van der Waals surface area contributed by atoms with E-state index in [1.807, 2.05) is 0 Å². The summed E-state index contributed by atoms with van der Waals surface area (Å²) in [5.41, 5.74) is 0. The third-order valence-corrected chi connectivity index (χ3v) is 6.35. The molecule has 1 fully saturated rings. The average Bonchev–Trinajstić information content (AvgIpc) is 2.62. The summed E-state index contributed by atoms with van der Waals surface area (Å²) in [6.07, 6.45) is 4.25. The molecule has 0 bridgehead atoms. The second kappa shape index (κ2) is 7.04. The van der Waals surface area contributed by atoms with Crippen molar-refractivity contribution < 1.29 is 16.8 Å². The summed E-state index contributed by atoms with van der Waals surface area (Å²) in [5, 5.41) is 3.38. The number of sulfone groups is 2. The van der Waals surface area contributed by atoms with Gasteiger partial charge in [0.15, 0.2) is 9.84 Å². The van der Waals surface area contributed by atoms with Crippen molar-refractivity contribution in [2.24, 2.45) is 5.92 Å². The van der Waals surface area contributed by atoms with Gasteiger partial charge in [-0.25, -0.2) is 16.8 Å². The van der Waals surface area contributed by atoms with Gasteiger partial charge >= 0.3 is 0 Å². The fraction of sp³-hybridized carbons (Fsp3) is 1.00. The highest BCUT2D eigenvalue weighted by Gasteiger charge is 2.33. The maximum absolute atomic E-state index is 11.5. The van der Waals surface area contributed by atoms with Crippen molar-refractivity contribution in [2.45, 2.75) is 38.6 Å². The van der Waals surface area contributed by atoms with Gasteiger partial charge in [0.2, 0.25) is 0 Å². The average molecular weight is 311 g/mol. The van der Waals surface area contributed by atoms with Crippen LogP contribution in [0.25, 0.3) is 0 Å². The maximum Gasteiger partial charge on any atom is 0.150 e. The van der Waals surface area contributed by atoms with Crippen LogP contribution in [0, 0.1) is 5.92 Å². The van der Waals surface area contributed by atoms with E-state index in [-0.39, 0.29) is 29.2 Å². The van der Waals surface area contributed by atoms with Gasteiger partial charge in [-0.15, -0.1) is 0 Å². The number of rotatable bonds is 8. The molecule has 1 rings (SSSR count). The molecule has 1 N–H and O–H groups in total. The molecule has 1 aliphatic heterocycles. The third kappa shape index (κ3) is 6.72. The van der Waals surface area contributed by atoms with Gasteiger partial charge < -0.3 is 5.32 Å². The summed E-state index contributed by atoms with van der Waals surface area (Å²) in [7, 11) is -5.81. The lowest BCUT2D eigenvalue weighted by molar-refractivity contribution is 0.359. The summed E-state index contributed by atoms with van der Waals surface area (Å²) in [6.45, 7) is 2.91. The highest BCUT2D eigenvalue weighted by atomic mass is 32.2. The lowest BCUT2D eigenvalue weighted by Gasteiger charge is -2.23. The largest absolute Gasteiger partial charge is 0.314 e. The second-order valence-corrected chi connectivity index (χ2v) is 9.98. The van der Waals surface area contributed by atoms with E-state index in [1.165, 1.54) is 6.26 Å². The molecular formula is C12H25NO4S2. The summed E-state index contributed by atoms with van der Waals surface area (Å²) in [5.74, 6) is 0.828. The molecule has 0 aliphatic carbocycles. The number of hydrogen-bond donors (Lipinski definition) is 1. The molecule has 0 aromatic heterocycles. The first kappa shape index (κ1) is 16.9. The zero-order chi connectivity index (χ0) is 14.5. The van der Waals surface area contributed by atoms with Gasteiger partial charge in [-0.3, -0.25) is 0 Å². The SMILES string of the molecule is CCCNC(CCCS(C)(=O)=O)C1CCS(=O)(=O)C1. The quantitative estimate of drug-likeness (QED) is 0.710. The van der Waals surface area contributed by atoms with Crippen LogP contribution in [0.4, 0.5) is 0 Å². The Kier molecular flexibility index (Phi) is 6.26. The molecule has 0 spiro atoms. The standard InChI is InChI=1S/C12H25NO4S2/c1-3-7-13-12(5-4-8-18(2,14)15)11-6-9-19(16,17)10-11/h11-13H,3-10H2,1-2H3. The fourth-order valence-electron chi connectivity index (χ4n) is 2.54. The van der Waals surface area contributed by atoms with Crippen LogP contribution in [-0.4, -0.2) is 52.9 Å². The van der Waals surface area contributed by atoms with Crippen LogP contribution in [0.15, 0.2) is 0 Å². The Balaban J connectivity index is 2.52. The Morgan fingerprint density at radius 2 is 2.05 bits per heavy atom. The zero-order valence-corrected chi connectivity index (χ0v) is 13.4. The van der Waals surface area contributed by atoms with Gasteiger partial charge in [0.05, 0.1) is 11.5 Å². The topological polar surface area (TPSA) is 80.3 Å². The predicted octanol–water partition coefficient (Wildman–Crippen LogP) is 0.614. The summed E-state index contributed by atoms with van der Waals surface area (Å²) >= 11 is 0. The maximum atomic E-state index is 11.5. The molecule has 1 heterocycles. The van der Waals surface area contributed by atoms with Gasteiger partial charge in [-0.2, -0.15) is 0 Å². The van der Waals surface area contributed by atoms with Crippen molar-refractivity contribution in [3.8, 4) is 0 Å². The molecule has 0 aromatic rings. The molecule has 7 heteroatoms. The molecule has 1 saturated heterocycles. The van der Waals surface area contributed by atoms with E-state index in [4.69, 9.17) is 0 Å². The van der Waals surface area contributed by atoms with Crippen molar-refractivity contribution >= 4 is 19.7 Å². The van der Waals surface area contributed by atoms with Gasteiger partial charge in [-0.05, 0) is 38.1 Å². The van der Waals surface area contributed by atoms with Crippen molar-refractivity contribution in [3.63, 3.8) is 0 Å². The Morgan fingerprint density at radius 1 is 1.37 bits per heavy atom. The van der Waals surface area contributed by atoms with Crippen LogP contribution in [0.2, 0.25) is 0 Å². The molecule has 0 amide bonds. The van der Waals surface area contributed by atoms with E-state index < -0.39 is 19.7 Å². The first-order chi connectivity index (χ1) is 8.73. The van der Waals surface area contributed by atoms with E-state index >= 15 is 0 Å². The summed E-state index contributed by atoms with van der Waals surface area (Å²) in [6, 6.07) is 0.124. The number of hydrogen-bond acceptors (Lipinski definition) is 5. The van der Waals surface area contributed by atoms with Gasteiger partial charge in [0, 0.05) is 18.1 Å². The van der Waals surface area contributed by atoms with E-state index in [9.17, 15) is 16.8 Å². The minimum absolute atomic E-state index is 0.124. The molecule has 19 heavy (non-hydrogen) atoms. The minimum Gasteiger partial charge on any atom is -0.314 e. The Bertz CT molecular complexity index is 470. The van der Waals surface area contributed by atoms with Crippen LogP contribution >= 0.6 is 0 Å². The minimum atomic E-state index is -2.93. The van der Waals surface area contributed by atoms with E-state index in [0.29, 0.717) is 12.8 Å². The lowest BCUT2D eigenvalue weighted by Crippen LogP contribution is -2.37. The Morgan fingerprint density at radius 3 is 2.53 bits per heavy atom. The van der Waals surface area contributed by atoms with Crippen molar-refractivity contribution in [3.05, 3.63) is 0 Å². The van der Waals surface area contributed by atoms with E-state index in [1.54, 1.807) is 0 Å². The number of nitrogens with one attached hydrogen (secondary N) is 1. The smallest absolute Gasteiger partial charge is 0.150 e. The Labute approximate surface area is 117 Å². The van der Waals surface area contributed by atoms with E-state index in [2.05, 4.69) is 12.2 Å². The van der Waals surface area contributed by atoms with Crippen LogP contribution in [-0.2, 0) is 19.7 Å². The van der Waals surface area contributed by atoms with Crippen molar-refractivity contribution in [1.82, 2.24) is 5.32 Å². The third-order valence-electron chi connectivity index (χ3n) is 3.52. The molecular weight excluding hydrogens is 286 g/mol. The molecule has 114 valence electrons. The van der Waals surface area contributed by atoms with Gasteiger partial charge in [0.1, 0.15) is 9.84 Å². The van der Waals surface area contributed by atoms with Crippen LogP contribution in [0.5, 0.6) is 0 Å². The predicted molar refractivity (Wildman–Crippen MR) is 77.8 cm³/mol. The van der Waals surface area contributed by atoms with Crippen LogP contribution in [0.3, 0.4) is 0 Å². The molecule has 1 aliphatic rings. The fourth-order valence-corrected chi connectivity index (χ4v) is 5.11. The van der Waals surface area contributed by atoms with E-state index in [0.717, 1.165) is 19.4 Å². The molecule has 2 unspecified atom stereocenters. The Hall–Kier alpha value is -0.140. The normalized spacial score (nSPS) is 24.4. The van der Waals surface area contributed by atoms with Crippen molar-refractivity contribution in [2.75, 3.05) is 30.1 Å². The lowest BCUT2D eigenvalue weighted by atomic mass is 9.95. The highest BCUT2D eigenvalue weighted by molar-refractivity contribution is 7.91. The summed E-state index contributed by atoms with van der Waals surface area (Å²) < 4.78 is 45.3. The molecule has 0 aromatic carbocycles. The monoisotopic (exact) mass is 311 g/mol. The van der Waals surface area contributed by atoms with Crippen LogP contribution in [0.1, 0.15) is 32.6 Å². The molecule has 0 radical (unpaired) electrons. The van der Waals surface area contributed by atoms with Gasteiger partial charge in [0.25, 0.3) is 0 Å². The zero-order valence-electron chi connectivity index (χ0n) is 11.8. The van der Waals surface area contributed by atoms with Crippen molar-refractivity contribution in [1.29, 1.82) is 0 Å². The second-order valence-electron chi connectivity index (χ2n) is 5.50. The first-order valence-corrected chi connectivity index (χ1v) is 10.7. The summed E-state index contributed by atoms with van der Waals surface area (Å²) in [4.78, 5) is 0. The van der Waals surface area contributed by atoms with Crippen LogP contribution < -0.4 is 5.32 Å². The highest BCUT2D eigenvalue weighted by Crippen LogP contribution is 2.24.